The highest BCUT2D eigenvalue weighted by molar-refractivity contribution is 7.89. The van der Waals surface area contributed by atoms with Crippen molar-refractivity contribution in [3.8, 4) is 0 Å². The van der Waals surface area contributed by atoms with Crippen LogP contribution in [0.15, 0.2) is 46.7 Å². The lowest BCUT2D eigenvalue weighted by Gasteiger charge is -2.20. The minimum Gasteiger partial charge on any atom is -0.326 e. The normalized spacial score (nSPS) is 16.3. The number of nitrogens with one attached hydrogen (secondary N) is 1. The van der Waals surface area contributed by atoms with Gasteiger partial charge in [0.25, 0.3) is 0 Å². The molecule has 1 amide bonds. The van der Waals surface area contributed by atoms with Gasteiger partial charge in [-0.05, 0) is 42.5 Å². The predicted octanol–water partition coefficient (Wildman–Crippen LogP) is 3.49. The van der Waals surface area contributed by atoms with Crippen LogP contribution >= 0.6 is 11.3 Å². The fourth-order valence-electron chi connectivity index (χ4n) is 2.94. The predicted molar refractivity (Wildman–Crippen MR) is 100 cm³/mol. The second-order valence-electron chi connectivity index (χ2n) is 6.15. The standard InChI is InChI=1S/C18H22N2O3S2/c21-18(14-16-8-6-12-24-16)19-15-7-5-9-17(13-15)25(22,23)20-10-3-1-2-4-11-20/h5-9,12-13H,1-4,10-11,14H2,(H,19,21). The molecular weight excluding hydrogens is 356 g/mol. The van der Waals surface area contributed by atoms with E-state index in [1.807, 2.05) is 17.5 Å². The van der Waals surface area contributed by atoms with Crippen molar-refractivity contribution >= 4 is 33.0 Å². The van der Waals surface area contributed by atoms with Crippen molar-refractivity contribution in [2.75, 3.05) is 18.4 Å². The molecular formula is C18H22N2O3S2. The second-order valence-corrected chi connectivity index (χ2v) is 9.12. The maximum Gasteiger partial charge on any atom is 0.243 e. The highest BCUT2D eigenvalue weighted by Gasteiger charge is 2.25. The van der Waals surface area contributed by atoms with E-state index >= 15 is 0 Å². The van der Waals surface area contributed by atoms with Gasteiger partial charge < -0.3 is 5.32 Å². The zero-order valence-electron chi connectivity index (χ0n) is 14.0. The summed E-state index contributed by atoms with van der Waals surface area (Å²) in [5.41, 5.74) is 0.512. The zero-order chi connectivity index (χ0) is 17.7. The summed E-state index contributed by atoms with van der Waals surface area (Å²) in [5.74, 6) is -0.147. The lowest BCUT2D eigenvalue weighted by molar-refractivity contribution is -0.115. The molecule has 2 heterocycles. The molecule has 0 bridgehead atoms. The topological polar surface area (TPSA) is 66.5 Å². The summed E-state index contributed by atoms with van der Waals surface area (Å²) in [5, 5.41) is 4.72. The molecule has 1 fully saturated rings. The van der Waals surface area contributed by atoms with E-state index in [2.05, 4.69) is 5.32 Å². The first-order valence-corrected chi connectivity index (χ1v) is 10.8. The first-order chi connectivity index (χ1) is 12.1. The van der Waals surface area contributed by atoms with E-state index in [-0.39, 0.29) is 10.8 Å². The van der Waals surface area contributed by atoms with Gasteiger partial charge in [-0.1, -0.05) is 25.0 Å². The number of nitrogens with zero attached hydrogens (tertiary/aromatic N) is 1. The molecule has 1 N–H and O–H groups in total. The Morgan fingerprint density at radius 2 is 1.84 bits per heavy atom. The smallest absolute Gasteiger partial charge is 0.243 e. The lowest BCUT2D eigenvalue weighted by Crippen LogP contribution is -2.32. The molecule has 1 aromatic carbocycles. The molecule has 0 aliphatic carbocycles. The van der Waals surface area contributed by atoms with Crippen LogP contribution in [0.5, 0.6) is 0 Å². The van der Waals surface area contributed by atoms with Crippen LogP contribution in [0.1, 0.15) is 30.6 Å². The van der Waals surface area contributed by atoms with E-state index in [4.69, 9.17) is 0 Å². The summed E-state index contributed by atoms with van der Waals surface area (Å²) in [6, 6.07) is 10.3. The Kier molecular flexibility index (Phi) is 5.88. The third-order valence-electron chi connectivity index (χ3n) is 4.24. The molecule has 1 saturated heterocycles. The SMILES string of the molecule is O=C(Cc1cccs1)Nc1cccc(S(=O)(=O)N2CCCCCC2)c1. The summed E-state index contributed by atoms with van der Waals surface area (Å²) >= 11 is 1.53. The Hall–Kier alpha value is -1.70. The van der Waals surface area contributed by atoms with Gasteiger partial charge in [0.05, 0.1) is 11.3 Å². The molecule has 0 saturated carbocycles. The van der Waals surface area contributed by atoms with Gasteiger partial charge >= 0.3 is 0 Å². The van der Waals surface area contributed by atoms with Crippen molar-refractivity contribution in [2.45, 2.75) is 37.0 Å². The molecule has 3 rings (SSSR count). The first kappa shape index (κ1) is 18.1. The number of carbonyl (C=O) groups excluding carboxylic acids is 1. The summed E-state index contributed by atoms with van der Waals surface area (Å²) < 4.78 is 27.3. The van der Waals surface area contributed by atoms with Crippen molar-refractivity contribution in [3.63, 3.8) is 0 Å². The molecule has 0 unspecified atom stereocenters. The van der Waals surface area contributed by atoms with Gasteiger partial charge in [0, 0.05) is 23.7 Å². The second kappa shape index (κ2) is 8.12. The summed E-state index contributed by atoms with van der Waals surface area (Å²) in [6.45, 7) is 1.13. The van der Waals surface area contributed by atoms with Crippen molar-refractivity contribution in [2.24, 2.45) is 0 Å². The van der Waals surface area contributed by atoms with Crippen LogP contribution in [0, 0.1) is 0 Å². The van der Waals surface area contributed by atoms with Crippen molar-refractivity contribution in [3.05, 3.63) is 46.7 Å². The van der Waals surface area contributed by atoms with Crippen molar-refractivity contribution < 1.29 is 13.2 Å². The number of carbonyl (C=O) groups is 1. The number of sulfonamides is 1. The van der Waals surface area contributed by atoms with Crippen LogP contribution in [0.25, 0.3) is 0 Å². The maximum absolute atomic E-state index is 12.8. The molecule has 0 atom stereocenters. The summed E-state index contributed by atoms with van der Waals surface area (Å²) in [7, 11) is -3.51. The van der Waals surface area contributed by atoms with Gasteiger partial charge in [0.15, 0.2) is 0 Å². The number of hydrogen-bond acceptors (Lipinski definition) is 4. The molecule has 5 nitrogen and oxygen atoms in total. The molecule has 1 aliphatic heterocycles. The van der Waals surface area contributed by atoms with Gasteiger partial charge in [-0.25, -0.2) is 8.42 Å². The third kappa shape index (κ3) is 4.68. The Labute approximate surface area is 152 Å². The van der Waals surface area contributed by atoms with E-state index in [1.165, 1.54) is 11.3 Å². The van der Waals surface area contributed by atoms with Gasteiger partial charge in [0.1, 0.15) is 0 Å². The Bertz CT molecular complexity index is 809. The van der Waals surface area contributed by atoms with Gasteiger partial charge in [-0.15, -0.1) is 11.3 Å². The van der Waals surface area contributed by atoms with Gasteiger partial charge in [0.2, 0.25) is 15.9 Å². The van der Waals surface area contributed by atoms with Crippen molar-refractivity contribution in [1.82, 2.24) is 4.31 Å². The van der Waals surface area contributed by atoms with Crippen LogP contribution in [-0.2, 0) is 21.2 Å². The molecule has 0 radical (unpaired) electrons. The van der Waals surface area contributed by atoms with Gasteiger partial charge in [-0.3, -0.25) is 4.79 Å². The Morgan fingerprint density at radius 3 is 2.52 bits per heavy atom. The largest absolute Gasteiger partial charge is 0.326 e. The lowest BCUT2D eigenvalue weighted by atomic mass is 10.2. The number of anilines is 1. The van der Waals surface area contributed by atoms with Crippen LogP contribution in [-0.4, -0.2) is 31.7 Å². The quantitative estimate of drug-likeness (QED) is 0.866. The van der Waals surface area contributed by atoms with Crippen LogP contribution in [0.2, 0.25) is 0 Å². The van der Waals surface area contributed by atoms with Crippen LogP contribution in [0.4, 0.5) is 5.69 Å². The van der Waals surface area contributed by atoms with Crippen LogP contribution in [0.3, 0.4) is 0 Å². The van der Waals surface area contributed by atoms with E-state index < -0.39 is 10.0 Å². The number of rotatable bonds is 5. The summed E-state index contributed by atoms with van der Waals surface area (Å²) in [4.78, 5) is 13.3. The van der Waals surface area contributed by atoms with Crippen molar-refractivity contribution in [1.29, 1.82) is 0 Å². The molecule has 0 spiro atoms. The van der Waals surface area contributed by atoms with Crippen LogP contribution < -0.4 is 5.32 Å². The monoisotopic (exact) mass is 378 g/mol. The Morgan fingerprint density at radius 1 is 1.08 bits per heavy atom. The van der Waals surface area contributed by atoms with E-state index in [0.29, 0.717) is 25.2 Å². The highest BCUT2D eigenvalue weighted by atomic mass is 32.2. The first-order valence-electron chi connectivity index (χ1n) is 8.48. The molecule has 134 valence electrons. The van der Waals surface area contributed by atoms with E-state index in [0.717, 1.165) is 30.6 Å². The van der Waals surface area contributed by atoms with E-state index in [9.17, 15) is 13.2 Å². The Balaban J connectivity index is 1.73. The van der Waals surface area contributed by atoms with E-state index in [1.54, 1.807) is 28.6 Å². The third-order valence-corrected chi connectivity index (χ3v) is 7.01. The fraction of sp³-hybridized carbons (Fsp3) is 0.389. The minimum absolute atomic E-state index is 0.147. The average Bonchev–Trinajstić information content (AvgIpc) is 2.93. The molecule has 25 heavy (non-hydrogen) atoms. The highest BCUT2D eigenvalue weighted by Crippen LogP contribution is 2.23. The fourth-order valence-corrected chi connectivity index (χ4v) is 5.21. The van der Waals surface area contributed by atoms with Gasteiger partial charge in [-0.2, -0.15) is 4.31 Å². The number of thiophene rings is 1. The zero-order valence-corrected chi connectivity index (χ0v) is 15.6. The number of amides is 1. The summed E-state index contributed by atoms with van der Waals surface area (Å²) in [6.07, 6.45) is 4.24. The molecule has 2 aromatic rings. The number of benzene rings is 1. The molecule has 1 aliphatic rings. The maximum atomic E-state index is 12.8. The molecule has 1 aromatic heterocycles. The molecule has 7 heteroatoms. The number of hydrogen-bond donors (Lipinski definition) is 1. The average molecular weight is 379 g/mol. The minimum atomic E-state index is -3.51.